The van der Waals surface area contributed by atoms with Crippen molar-refractivity contribution in [1.82, 2.24) is 4.90 Å². The molecule has 1 rings (SSSR count). The number of hydrogen-bond acceptors (Lipinski definition) is 4. The van der Waals surface area contributed by atoms with Crippen molar-refractivity contribution >= 4 is 5.97 Å². The first-order valence-corrected chi connectivity index (χ1v) is 4.87. The summed E-state index contributed by atoms with van der Waals surface area (Å²) in [5.74, 6) is -0.806. The average Bonchev–Trinajstić information content (AvgIpc) is 2.45. The van der Waals surface area contributed by atoms with Gasteiger partial charge in [-0.3, -0.25) is 9.69 Å². The Labute approximate surface area is 83.3 Å². The van der Waals surface area contributed by atoms with Gasteiger partial charge in [0, 0.05) is 26.2 Å². The number of rotatable bonds is 5. The highest BCUT2D eigenvalue weighted by Crippen LogP contribution is 2.13. The molecule has 82 valence electrons. The summed E-state index contributed by atoms with van der Waals surface area (Å²) in [6, 6.07) is 0. The lowest BCUT2D eigenvalue weighted by atomic mass is 10.3. The Bertz CT molecular complexity index is 197. The molecule has 5 nitrogen and oxygen atoms in total. The Morgan fingerprint density at radius 1 is 1.57 bits per heavy atom. The topological polar surface area (TPSA) is 70.0 Å². The van der Waals surface area contributed by atoms with Crippen molar-refractivity contribution < 1.29 is 19.7 Å². The fourth-order valence-corrected chi connectivity index (χ4v) is 1.65. The second kappa shape index (κ2) is 5.29. The number of carboxylic acids is 1. The summed E-state index contributed by atoms with van der Waals surface area (Å²) < 4.78 is 5.31. The van der Waals surface area contributed by atoms with Gasteiger partial charge in [0.2, 0.25) is 0 Å². The number of aliphatic hydroxyl groups is 1. The second-order valence-electron chi connectivity index (χ2n) is 3.46. The van der Waals surface area contributed by atoms with Crippen LogP contribution in [0.4, 0.5) is 0 Å². The molecule has 0 aromatic heterocycles. The highest BCUT2D eigenvalue weighted by molar-refractivity contribution is 5.66. The lowest BCUT2D eigenvalue weighted by Gasteiger charge is -2.13. The van der Waals surface area contributed by atoms with E-state index in [0.29, 0.717) is 26.2 Å². The molecule has 0 aromatic carbocycles. The van der Waals surface area contributed by atoms with Crippen LogP contribution >= 0.6 is 0 Å². The van der Waals surface area contributed by atoms with E-state index < -0.39 is 12.1 Å². The molecule has 0 amide bonds. The molecule has 2 atom stereocenters. The molecule has 0 aliphatic carbocycles. The highest BCUT2D eigenvalue weighted by Gasteiger charge is 2.31. The van der Waals surface area contributed by atoms with E-state index in [-0.39, 0.29) is 12.5 Å². The van der Waals surface area contributed by atoms with E-state index in [1.807, 2.05) is 11.8 Å². The second-order valence-corrected chi connectivity index (χ2v) is 3.46. The smallest absolute Gasteiger partial charge is 0.304 e. The number of ether oxygens (including phenoxy) is 1. The zero-order chi connectivity index (χ0) is 10.6. The van der Waals surface area contributed by atoms with Crippen LogP contribution in [0.15, 0.2) is 0 Å². The van der Waals surface area contributed by atoms with Crippen molar-refractivity contribution in [2.45, 2.75) is 25.6 Å². The van der Waals surface area contributed by atoms with Crippen LogP contribution in [0.3, 0.4) is 0 Å². The molecule has 0 radical (unpaired) electrons. The lowest BCUT2D eigenvalue weighted by molar-refractivity contribution is -0.137. The first kappa shape index (κ1) is 11.4. The van der Waals surface area contributed by atoms with Crippen molar-refractivity contribution in [2.24, 2.45) is 0 Å². The number of hydrogen-bond donors (Lipinski definition) is 2. The van der Waals surface area contributed by atoms with E-state index in [2.05, 4.69) is 0 Å². The normalized spacial score (nSPS) is 28.1. The van der Waals surface area contributed by atoms with Gasteiger partial charge < -0.3 is 14.9 Å². The Kier molecular flexibility index (Phi) is 4.31. The molecule has 0 spiro atoms. The first-order valence-electron chi connectivity index (χ1n) is 4.87. The van der Waals surface area contributed by atoms with E-state index >= 15 is 0 Å². The van der Waals surface area contributed by atoms with Gasteiger partial charge in [-0.1, -0.05) is 0 Å². The van der Waals surface area contributed by atoms with Gasteiger partial charge in [-0.15, -0.1) is 0 Å². The van der Waals surface area contributed by atoms with Crippen LogP contribution in [0.1, 0.15) is 13.3 Å². The summed E-state index contributed by atoms with van der Waals surface area (Å²) in [4.78, 5) is 12.2. The number of aliphatic hydroxyl groups excluding tert-OH is 1. The van der Waals surface area contributed by atoms with Crippen molar-refractivity contribution in [3.8, 4) is 0 Å². The number of aliphatic carboxylic acids is 1. The molecule has 0 bridgehead atoms. The van der Waals surface area contributed by atoms with E-state index in [1.165, 1.54) is 0 Å². The summed E-state index contributed by atoms with van der Waals surface area (Å²) in [5, 5.41) is 18.0. The SMILES string of the molecule is CCO[C@@H]1CN(CCC(=O)O)C[C@H]1O. The molecule has 2 N–H and O–H groups in total. The van der Waals surface area contributed by atoms with Crippen molar-refractivity contribution in [2.75, 3.05) is 26.2 Å². The molecule has 0 unspecified atom stereocenters. The van der Waals surface area contributed by atoms with Gasteiger partial charge in [0.1, 0.15) is 0 Å². The minimum Gasteiger partial charge on any atom is -0.481 e. The van der Waals surface area contributed by atoms with Gasteiger partial charge in [-0.2, -0.15) is 0 Å². The number of carbonyl (C=O) groups is 1. The number of likely N-dealkylation sites (tertiary alicyclic amines) is 1. The molecular formula is C9H17NO4. The molecule has 1 heterocycles. The third kappa shape index (κ3) is 3.25. The highest BCUT2D eigenvalue weighted by atomic mass is 16.5. The maximum atomic E-state index is 10.3. The third-order valence-electron chi connectivity index (χ3n) is 2.34. The number of nitrogens with zero attached hydrogens (tertiary/aromatic N) is 1. The van der Waals surface area contributed by atoms with Gasteiger partial charge in [-0.05, 0) is 6.92 Å². The average molecular weight is 203 g/mol. The van der Waals surface area contributed by atoms with Crippen LogP contribution in [0, 0.1) is 0 Å². The Balaban J connectivity index is 2.27. The number of β-amino-alcohol motifs (C(OH)–C–C–N with tert-alkyl or cyclic N) is 1. The maximum Gasteiger partial charge on any atom is 0.304 e. The van der Waals surface area contributed by atoms with Crippen LogP contribution in [0.2, 0.25) is 0 Å². The molecule has 1 saturated heterocycles. The zero-order valence-corrected chi connectivity index (χ0v) is 8.35. The predicted octanol–water partition coefficient (Wildman–Crippen LogP) is -0.457. The van der Waals surface area contributed by atoms with Gasteiger partial charge >= 0.3 is 5.97 Å². The summed E-state index contributed by atoms with van der Waals surface area (Å²) in [6.45, 7) is 4.08. The van der Waals surface area contributed by atoms with Crippen LogP contribution in [0.5, 0.6) is 0 Å². The van der Waals surface area contributed by atoms with Gasteiger partial charge in [-0.25, -0.2) is 0 Å². The quantitative estimate of drug-likeness (QED) is 0.633. The van der Waals surface area contributed by atoms with E-state index in [9.17, 15) is 9.90 Å². The molecule has 1 aliphatic heterocycles. The minimum absolute atomic E-state index is 0.117. The standard InChI is InChI=1S/C9H17NO4/c1-2-14-8-6-10(5-7(8)11)4-3-9(12)13/h7-8,11H,2-6H2,1H3,(H,12,13)/t7-,8-/m1/s1. The van der Waals surface area contributed by atoms with Crippen LogP contribution < -0.4 is 0 Å². The van der Waals surface area contributed by atoms with Crippen LogP contribution in [-0.4, -0.2) is 59.5 Å². The molecule has 0 saturated carbocycles. The van der Waals surface area contributed by atoms with Gasteiger partial charge in [0.15, 0.2) is 0 Å². The fourth-order valence-electron chi connectivity index (χ4n) is 1.65. The molecule has 0 aromatic rings. The van der Waals surface area contributed by atoms with Crippen molar-refractivity contribution in [1.29, 1.82) is 0 Å². The van der Waals surface area contributed by atoms with Gasteiger partial charge in [0.25, 0.3) is 0 Å². The predicted molar refractivity (Wildman–Crippen MR) is 50.1 cm³/mol. The summed E-state index contributed by atoms with van der Waals surface area (Å²) in [6.07, 6.45) is -0.525. The molecule has 1 aliphatic rings. The monoisotopic (exact) mass is 203 g/mol. The van der Waals surface area contributed by atoms with Crippen LogP contribution in [-0.2, 0) is 9.53 Å². The van der Waals surface area contributed by atoms with Crippen LogP contribution in [0.25, 0.3) is 0 Å². The molecule has 14 heavy (non-hydrogen) atoms. The summed E-state index contributed by atoms with van der Waals surface area (Å²) in [7, 11) is 0. The Morgan fingerprint density at radius 3 is 2.86 bits per heavy atom. The summed E-state index contributed by atoms with van der Waals surface area (Å²) in [5.41, 5.74) is 0. The minimum atomic E-state index is -0.806. The number of carboxylic acid groups (broad SMARTS) is 1. The zero-order valence-electron chi connectivity index (χ0n) is 8.35. The Hall–Kier alpha value is -0.650. The fraction of sp³-hybridized carbons (Fsp3) is 0.889. The van der Waals surface area contributed by atoms with Gasteiger partial charge in [0.05, 0.1) is 18.6 Å². The lowest BCUT2D eigenvalue weighted by Crippen LogP contribution is -2.27. The summed E-state index contributed by atoms with van der Waals surface area (Å²) >= 11 is 0. The van der Waals surface area contributed by atoms with E-state index in [4.69, 9.17) is 9.84 Å². The van der Waals surface area contributed by atoms with E-state index in [0.717, 1.165) is 0 Å². The van der Waals surface area contributed by atoms with Crippen molar-refractivity contribution in [3.05, 3.63) is 0 Å². The first-order chi connectivity index (χ1) is 6.63. The molecular weight excluding hydrogens is 186 g/mol. The molecule has 1 fully saturated rings. The third-order valence-corrected chi connectivity index (χ3v) is 2.34. The molecule has 5 heteroatoms. The van der Waals surface area contributed by atoms with E-state index in [1.54, 1.807) is 0 Å². The van der Waals surface area contributed by atoms with Crippen molar-refractivity contribution in [3.63, 3.8) is 0 Å². The largest absolute Gasteiger partial charge is 0.481 e. The Morgan fingerprint density at radius 2 is 2.29 bits per heavy atom. The maximum absolute atomic E-state index is 10.3.